The van der Waals surface area contributed by atoms with Crippen molar-refractivity contribution in [1.29, 1.82) is 0 Å². The Morgan fingerprint density at radius 2 is 1.94 bits per heavy atom. The molecule has 0 bridgehead atoms. The van der Waals surface area contributed by atoms with Crippen molar-refractivity contribution in [3.63, 3.8) is 0 Å². The van der Waals surface area contributed by atoms with Gasteiger partial charge in [0, 0.05) is 26.2 Å². The summed E-state index contributed by atoms with van der Waals surface area (Å²) in [6, 6.07) is 0. The van der Waals surface area contributed by atoms with Crippen LogP contribution in [0.25, 0.3) is 0 Å². The normalized spacial score (nSPS) is 25.9. The van der Waals surface area contributed by atoms with E-state index in [1.54, 1.807) is 0 Å². The third kappa shape index (κ3) is 4.40. The molecule has 16 heavy (non-hydrogen) atoms. The molecular formula is C13H29N3. The summed E-state index contributed by atoms with van der Waals surface area (Å²) in [6.07, 6.45) is 4.03. The topological polar surface area (TPSA) is 18.5 Å². The van der Waals surface area contributed by atoms with E-state index < -0.39 is 0 Å². The Morgan fingerprint density at radius 1 is 1.19 bits per heavy atom. The van der Waals surface area contributed by atoms with E-state index in [1.165, 1.54) is 45.4 Å². The van der Waals surface area contributed by atoms with Crippen LogP contribution >= 0.6 is 0 Å². The predicted molar refractivity (Wildman–Crippen MR) is 70.9 cm³/mol. The number of nitrogens with zero attached hydrogens (tertiary/aromatic N) is 2. The smallest absolute Gasteiger partial charge is 0.0106 e. The van der Waals surface area contributed by atoms with Gasteiger partial charge in [-0.3, -0.25) is 0 Å². The second-order valence-electron chi connectivity index (χ2n) is 5.72. The molecule has 0 radical (unpaired) electrons. The molecule has 0 amide bonds. The highest BCUT2D eigenvalue weighted by molar-refractivity contribution is 4.89. The van der Waals surface area contributed by atoms with Gasteiger partial charge in [-0.2, -0.15) is 0 Å². The fourth-order valence-corrected chi connectivity index (χ4v) is 2.78. The monoisotopic (exact) mass is 227 g/mol. The summed E-state index contributed by atoms with van der Waals surface area (Å²) >= 11 is 0. The third-order valence-corrected chi connectivity index (χ3v) is 3.65. The molecule has 1 unspecified atom stereocenters. The Kier molecular flexibility index (Phi) is 5.73. The molecule has 0 aromatic heterocycles. The van der Waals surface area contributed by atoms with E-state index in [4.69, 9.17) is 0 Å². The van der Waals surface area contributed by atoms with Crippen molar-refractivity contribution in [3.8, 4) is 0 Å². The highest BCUT2D eigenvalue weighted by Gasteiger charge is 2.33. The zero-order chi connectivity index (χ0) is 12.0. The maximum absolute atomic E-state index is 3.53. The molecule has 0 aromatic rings. The maximum atomic E-state index is 3.53. The van der Waals surface area contributed by atoms with Gasteiger partial charge in [-0.25, -0.2) is 0 Å². The molecule has 1 atom stereocenters. The van der Waals surface area contributed by atoms with Gasteiger partial charge in [-0.15, -0.1) is 0 Å². The van der Waals surface area contributed by atoms with E-state index in [0.717, 1.165) is 6.54 Å². The number of likely N-dealkylation sites (N-methyl/N-ethyl adjacent to an activating group) is 2. The Morgan fingerprint density at radius 3 is 2.44 bits per heavy atom. The van der Waals surface area contributed by atoms with E-state index in [0.29, 0.717) is 5.41 Å². The molecule has 1 rings (SSSR count). The molecular weight excluding hydrogens is 198 g/mol. The van der Waals surface area contributed by atoms with Crippen LogP contribution in [-0.2, 0) is 0 Å². The van der Waals surface area contributed by atoms with Gasteiger partial charge in [0.05, 0.1) is 0 Å². The first-order valence-corrected chi connectivity index (χ1v) is 6.62. The summed E-state index contributed by atoms with van der Waals surface area (Å²) in [6.45, 7) is 8.32. The number of rotatable bonds is 7. The molecule has 1 aliphatic heterocycles. The second-order valence-corrected chi connectivity index (χ2v) is 5.72. The third-order valence-electron chi connectivity index (χ3n) is 3.65. The molecule has 0 spiro atoms. The summed E-state index contributed by atoms with van der Waals surface area (Å²) in [5.74, 6) is 0. The average Bonchev–Trinajstić information content (AvgIpc) is 2.64. The number of hydrogen-bond donors (Lipinski definition) is 1. The standard InChI is InChI=1S/C13H29N3/c1-5-6-13(7-8-14-11-13)12-16(4)10-9-15(2)3/h14H,5-12H2,1-4H3. The van der Waals surface area contributed by atoms with E-state index >= 15 is 0 Å². The highest BCUT2D eigenvalue weighted by Crippen LogP contribution is 2.31. The zero-order valence-corrected chi connectivity index (χ0v) is 11.6. The van der Waals surface area contributed by atoms with Crippen LogP contribution < -0.4 is 5.32 Å². The summed E-state index contributed by atoms with van der Waals surface area (Å²) < 4.78 is 0. The van der Waals surface area contributed by atoms with Gasteiger partial charge in [-0.1, -0.05) is 13.3 Å². The lowest BCUT2D eigenvalue weighted by Crippen LogP contribution is -2.40. The van der Waals surface area contributed by atoms with E-state index in [1.807, 2.05) is 0 Å². The van der Waals surface area contributed by atoms with Gasteiger partial charge in [0.25, 0.3) is 0 Å². The van der Waals surface area contributed by atoms with Gasteiger partial charge in [0.15, 0.2) is 0 Å². The van der Waals surface area contributed by atoms with Crippen molar-refractivity contribution in [2.24, 2.45) is 5.41 Å². The lowest BCUT2D eigenvalue weighted by atomic mass is 9.82. The molecule has 1 aliphatic rings. The van der Waals surface area contributed by atoms with Crippen molar-refractivity contribution in [1.82, 2.24) is 15.1 Å². The fraction of sp³-hybridized carbons (Fsp3) is 1.00. The SMILES string of the molecule is CCCC1(CN(C)CCN(C)C)CCNC1. The van der Waals surface area contributed by atoms with Gasteiger partial charge in [-0.05, 0) is 45.9 Å². The molecule has 0 aliphatic carbocycles. The molecule has 3 heteroatoms. The second kappa shape index (κ2) is 6.58. The minimum Gasteiger partial charge on any atom is -0.316 e. The summed E-state index contributed by atoms with van der Waals surface area (Å²) in [5.41, 5.74) is 0.551. The van der Waals surface area contributed by atoms with Crippen molar-refractivity contribution in [3.05, 3.63) is 0 Å². The maximum Gasteiger partial charge on any atom is 0.0106 e. The molecule has 0 saturated carbocycles. The summed E-state index contributed by atoms with van der Waals surface area (Å²) in [7, 11) is 6.55. The predicted octanol–water partition coefficient (Wildman–Crippen LogP) is 1.26. The lowest BCUT2D eigenvalue weighted by molar-refractivity contribution is 0.168. The molecule has 1 fully saturated rings. The average molecular weight is 227 g/mol. The molecule has 1 N–H and O–H groups in total. The summed E-state index contributed by atoms with van der Waals surface area (Å²) in [5, 5.41) is 3.53. The molecule has 3 nitrogen and oxygen atoms in total. The van der Waals surface area contributed by atoms with Crippen LogP contribution in [0.4, 0.5) is 0 Å². The molecule has 1 heterocycles. The highest BCUT2D eigenvalue weighted by atomic mass is 15.2. The van der Waals surface area contributed by atoms with Crippen LogP contribution in [0.15, 0.2) is 0 Å². The molecule has 96 valence electrons. The van der Waals surface area contributed by atoms with Gasteiger partial charge >= 0.3 is 0 Å². The fourth-order valence-electron chi connectivity index (χ4n) is 2.78. The van der Waals surface area contributed by atoms with Gasteiger partial charge in [0.2, 0.25) is 0 Å². The van der Waals surface area contributed by atoms with Crippen molar-refractivity contribution in [2.75, 3.05) is 53.9 Å². The van der Waals surface area contributed by atoms with Crippen molar-refractivity contribution >= 4 is 0 Å². The van der Waals surface area contributed by atoms with Crippen LogP contribution in [0.1, 0.15) is 26.2 Å². The minimum atomic E-state index is 0.551. The number of nitrogens with one attached hydrogen (secondary N) is 1. The van der Waals surface area contributed by atoms with E-state index in [2.05, 4.69) is 43.2 Å². The van der Waals surface area contributed by atoms with E-state index in [-0.39, 0.29) is 0 Å². The first-order chi connectivity index (χ1) is 7.58. The molecule has 0 aromatic carbocycles. The van der Waals surface area contributed by atoms with Crippen LogP contribution in [0, 0.1) is 5.41 Å². The van der Waals surface area contributed by atoms with Crippen LogP contribution in [0.2, 0.25) is 0 Å². The molecule has 1 saturated heterocycles. The lowest BCUT2D eigenvalue weighted by Gasteiger charge is -2.33. The quantitative estimate of drug-likeness (QED) is 0.706. The van der Waals surface area contributed by atoms with E-state index in [9.17, 15) is 0 Å². The first-order valence-electron chi connectivity index (χ1n) is 6.62. The Hall–Kier alpha value is -0.120. The Balaban J connectivity index is 2.36. The Bertz CT molecular complexity index is 186. The minimum absolute atomic E-state index is 0.551. The van der Waals surface area contributed by atoms with Crippen molar-refractivity contribution < 1.29 is 0 Å². The summed E-state index contributed by atoms with van der Waals surface area (Å²) in [4.78, 5) is 4.76. The Labute approximate surface area is 101 Å². The zero-order valence-electron chi connectivity index (χ0n) is 11.6. The van der Waals surface area contributed by atoms with Crippen LogP contribution in [0.5, 0.6) is 0 Å². The number of hydrogen-bond acceptors (Lipinski definition) is 3. The first kappa shape index (κ1) is 13.9. The largest absolute Gasteiger partial charge is 0.316 e. The van der Waals surface area contributed by atoms with Gasteiger partial charge < -0.3 is 15.1 Å². The van der Waals surface area contributed by atoms with Crippen molar-refractivity contribution in [2.45, 2.75) is 26.2 Å². The van der Waals surface area contributed by atoms with Gasteiger partial charge in [0.1, 0.15) is 0 Å². The van der Waals surface area contributed by atoms with Crippen LogP contribution in [0.3, 0.4) is 0 Å². The van der Waals surface area contributed by atoms with Crippen LogP contribution in [-0.4, -0.2) is 63.7 Å².